The van der Waals surface area contributed by atoms with Crippen LogP contribution in [0.2, 0.25) is 0 Å². The monoisotopic (exact) mass is 448 g/mol. The van der Waals surface area contributed by atoms with Gasteiger partial charge in [-0.05, 0) is 64.7 Å². The van der Waals surface area contributed by atoms with E-state index in [-0.39, 0.29) is 22.2 Å². The van der Waals surface area contributed by atoms with E-state index in [1.54, 1.807) is 6.92 Å². The summed E-state index contributed by atoms with van der Waals surface area (Å²) in [6, 6.07) is 9.09. The van der Waals surface area contributed by atoms with E-state index in [0.29, 0.717) is 23.6 Å². The Morgan fingerprint density at radius 2 is 1.89 bits per heavy atom. The van der Waals surface area contributed by atoms with Crippen LogP contribution in [0.4, 0.5) is 8.78 Å². The number of aromatic amines is 1. The van der Waals surface area contributed by atoms with E-state index in [1.807, 2.05) is 25.1 Å². The molecule has 4 nitrogen and oxygen atoms in total. The van der Waals surface area contributed by atoms with Crippen LogP contribution in [0.15, 0.2) is 45.7 Å². The number of nitrogens with two attached hydrogens (primary N) is 1. The van der Waals surface area contributed by atoms with E-state index >= 15 is 0 Å². The molecule has 3 rings (SSSR count). The highest BCUT2D eigenvalue weighted by Gasteiger charge is 2.19. The number of halogens is 3. The molecule has 0 atom stereocenters. The molecule has 0 spiro atoms. The molecule has 1 aromatic heterocycles. The lowest BCUT2D eigenvalue weighted by Crippen LogP contribution is -2.13. The van der Waals surface area contributed by atoms with Crippen molar-refractivity contribution in [3.8, 4) is 16.9 Å². The molecule has 0 fully saturated rings. The van der Waals surface area contributed by atoms with Crippen LogP contribution in [0, 0.1) is 25.5 Å². The molecule has 0 bridgehead atoms. The van der Waals surface area contributed by atoms with Crippen LogP contribution in [0.5, 0.6) is 5.75 Å². The van der Waals surface area contributed by atoms with Gasteiger partial charge in [-0.15, -0.1) is 0 Å². The second-order valence-electron chi connectivity index (χ2n) is 6.48. The topological polar surface area (TPSA) is 68.1 Å². The summed E-state index contributed by atoms with van der Waals surface area (Å²) in [4.78, 5) is 15.0. The maximum atomic E-state index is 14.0. The van der Waals surface area contributed by atoms with Gasteiger partial charge in [0.15, 0.2) is 0 Å². The van der Waals surface area contributed by atoms with Crippen molar-refractivity contribution in [3.63, 3.8) is 0 Å². The molecule has 0 saturated carbocycles. The molecule has 146 valence electrons. The van der Waals surface area contributed by atoms with Crippen LogP contribution in [-0.4, -0.2) is 4.98 Å². The summed E-state index contributed by atoms with van der Waals surface area (Å²) in [5, 5.41) is 0. The average molecular weight is 449 g/mol. The van der Waals surface area contributed by atoms with Gasteiger partial charge in [-0.25, -0.2) is 8.78 Å². The Kier molecular flexibility index (Phi) is 5.96. The minimum atomic E-state index is -0.708. The zero-order valence-corrected chi connectivity index (χ0v) is 17.0. The Morgan fingerprint density at radius 1 is 1.14 bits per heavy atom. The SMILES string of the molecule is Cc1ccc(CN)cc1-c1c(C)[nH]c(=O)c(Br)c1OCc1ccc(F)cc1F. The van der Waals surface area contributed by atoms with Crippen LogP contribution < -0.4 is 16.0 Å². The number of nitrogens with one attached hydrogen (secondary N) is 1. The van der Waals surface area contributed by atoms with Gasteiger partial charge in [-0.3, -0.25) is 4.79 Å². The second-order valence-corrected chi connectivity index (χ2v) is 7.27. The summed E-state index contributed by atoms with van der Waals surface area (Å²) in [6.45, 7) is 3.92. The number of ether oxygens (including phenoxy) is 1. The van der Waals surface area contributed by atoms with E-state index in [1.165, 1.54) is 6.07 Å². The molecule has 0 aliphatic rings. The predicted octanol–water partition coefficient (Wildman–Crippen LogP) is 4.74. The maximum absolute atomic E-state index is 14.0. The minimum Gasteiger partial charge on any atom is -0.487 e. The third-order valence-corrected chi connectivity index (χ3v) is 5.22. The standard InChI is InChI=1S/C21H19BrF2N2O2/c1-11-3-4-13(9-25)7-16(11)18-12(2)26-21(27)19(22)20(18)28-10-14-5-6-15(23)8-17(14)24/h3-8H,9-10,25H2,1-2H3,(H,26,27). The molecule has 0 aliphatic heterocycles. The highest BCUT2D eigenvalue weighted by atomic mass is 79.9. The van der Waals surface area contributed by atoms with Gasteiger partial charge in [0.25, 0.3) is 5.56 Å². The summed E-state index contributed by atoms with van der Waals surface area (Å²) >= 11 is 3.28. The van der Waals surface area contributed by atoms with Crippen molar-refractivity contribution in [1.82, 2.24) is 4.98 Å². The maximum Gasteiger partial charge on any atom is 0.266 e. The van der Waals surface area contributed by atoms with Crippen molar-refractivity contribution in [1.29, 1.82) is 0 Å². The Hall–Kier alpha value is -2.51. The Balaban J connectivity index is 2.11. The first kappa shape index (κ1) is 20.2. The number of aryl methyl sites for hydroxylation is 2. The first-order valence-corrected chi connectivity index (χ1v) is 9.40. The van der Waals surface area contributed by atoms with E-state index in [0.717, 1.165) is 28.8 Å². The number of pyridine rings is 1. The van der Waals surface area contributed by atoms with Gasteiger partial charge >= 0.3 is 0 Å². The molecular weight excluding hydrogens is 430 g/mol. The lowest BCUT2D eigenvalue weighted by molar-refractivity contribution is 0.298. The van der Waals surface area contributed by atoms with E-state index in [2.05, 4.69) is 20.9 Å². The van der Waals surface area contributed by atoms with E-state index < -0.39 is 11.6 Å². The molecule has 28 heavy (non-hydrogen) atoms. The van der Waals surface area contributed by atoms with Crippen LogP contribution in [0.3, 0.4) is 0 Å². The molecule has 0 unspecified atom stereocenters. The average Bonchev–Trinajstić information content (AvgIpc) is 2.65. The van der Waals surface area contributed by atoms with Gasteiger partial charge in [0.2, 0.25) is 0 Å². The Morgan fingerprint density at radius 3 is 2.57 bits per heavy atom. The van der Waals surface area contributed by atoms with Crippen molar-refractivity contribution in [2.24, 2.45) is 5.73 Å². The summed E-state index contributed by atoms with van der Waals surface area (Å²) in [5.41, 5.74) is 9.64. The third-order valence-electron chi connectivity index (χ3n) is 4.50. The van der Waals surface area contributed by atoms with Gasteiger partial charge in [-0.1, -0.05) is 12.1 Å². The summed E-state index contributed by atoms with van der Waals surface area (Å²) in [6.07, 6.45) is 0. The van der Waals surface area contributed by atoms with Crippen molar-refractivity contribution >= 4 is 15.9 Å². The molecule has 3 N–H and O–H groups in total. The molecule has 7 heteroatoms. The van der Waals surface area contributed by atoms with Gasteiger partial charge < -0.3 is 15.5 Å². The molecule has 2 aromatic carbocycles. The zero-order valence-electron chi connectivity index (χ0n) is 15.4. The molecule has 0 saturated heterocycles. The zero-order chi connectivity index (χ0) is 20.4. The van der Waals surface area contributed by atoms with Crippen LogP contribution in [0.1, 0.15) is 22.4 Å². The quantitative estimate of drug-likeness (QED) is 0.592. The normalized spacial score (nSPS) is 10.9. The van der Waals surface area contributed by atoms with Crippen molar-refractivity contribution in [2.75, 3.05) is 0 Å². The second kappa shape index (κ2) is 8.24. The van der Waals surface area contributed by atoms with Gasteiger partial charge in [0.05, 0.1) is 0 Å². The van der Waals surface area contributed by atoms with Crippen LogP contribution in [0.25, 0.3) is 11.1 Å². The number of benzene rings is 2. The largest absolute Gasteiger partial charge is 0.487 e. The number of aromatic nitrogens is 1. The lowest BCUT2D eigenvalue weighted by Gasteiger charge is -2.18. The van der Waals surface area contributed by atoms with E-state index in [9.17, 15) is 13.6 Å². The molecule has 1 heterocycles. The molecule has 0 amide bonds. The third kappa shape index (κ3) is 4.00. The molecular formula is C21H19BrF2N2O2. The van der Waals surface area contributed by atoms with Crippen molar-refractivity contribution < 1.29 is 13.5 Å². The smallest absolute Gasteiger partial charge is 0.266 e. The number of H-pyrrole nitrogens is 1. The van der Waals surface area contributed by atoms with E-state index in [4.69, 9.17) is 10.5 Å². The number of hydrogen-bond donors (Lipinski definition) is 2. The first-order valence-electron chi connectivity index (χ1n) is 8.61. The summed E-state index contributed by atoms with van der Waals surface area (Å²) in [5.74, 6) is -1.08. The van der Waals surface area contributed by atoms with Crippen LogP contribution >= 0.6 is 15.9 Å². The highest BCUT2D eigenvalue weighted by Crippen LogP contribution is 2.38. The van der Waals surface area contributed by atoms with Gasteiger partial charge in [-0.2, -0.15) is 0 Å². The predicted molar refractivity (Wildman–Crippen MR) is 108 cm³/mol. The number of rotatable bonds is 5. The summed E-state index contributed by atoms with van der Waals surface area (Å²) < 4.78 is 33.2. The van der Waals surface area contributed by atoms with Crippen LogP contribution in [-0.2, 0) is 13.2 Å². The molecule has 3 aromatic rings. The summed E-state index contributed by atoms with van der Waals surface area (Å²) in [7, 11) is 0. The fraction of sp³-hybridized carbons (Fsp3) is 0.190. The van der Waals surface area contributed by atoms with Gasteiger partial charge in [0, 0.05) is 29.4 Å². The fourth-order valence-corrected chi connectivity index (χ4v) is 3.40. The molecule has 0 aliphatic carbocycles. The fourth-order valence-electron chi connectivity index (χ4n) is 2.98. The minimum absolute atomic E-state index is 0.157. The first-order chi connectivity index (χ1) is 13.3. The molecule has 0 radical (unpaired) electrons. The lowest BCUT2D eigenvalue weighted by atomic mass is 9.96. The van der Waals surface area contributed by atoms with Gasteiger partial charge in [0.1, 0.15) is 28.5 Å². The Labute approximate surface area is 169 Å². The van der Waals surface area contributed by atoms with Crippen molar-refractivity contribution in [3.05, 3.63) is 85.2 Å². The van der Waals surface area contributed by atoms with Crippen molar-refractivity contribution in [2.45, 2.75) is 27.0 Å². The Bertz CT molecular complexity index is 1100. The number of hydrogen-bond acceptors (Lipinski definition) is 3. The highest BCUT2D eigenvalue weighted by molar-refractivity contribution is 9.10.